The van der Waals surface area contributed by atoms with Crippen LogP contribution in [0.4, 0.5) is 17.1 Å². The Hall–Kier alpha value is -3.35. The minimum atomic E-state index is -1.06. The predicted molar refractivity (Wildman–Crippen MR) is 122 cm³/mol. The number of halogens is 2. The topological polar surface area (TPSA) is 78.5 Å². The molecule has 0 spiro atoms. The first-order chi connectivity index (χ1) is 14.9. The highest BCUT2D eigenvalue weighted by atomic mass is 35.5. The Bertz CT molecular complexity index is 1180. The van der Waals surface area contributed by atoms with E-state index in [-0.39, 0.29) is 17.0 Å². The molecule has 3 aromatic carbocycles. The first-order valence-corrected chi connectivity index (χ1v) is 10.2. The second-order valence-electron chi connectivity index (χ2n) is 6.94. The zero-order chi connectivity index (χ0) is 22.0. The van der Waals surface area contributed by atoms with Gasteiger partial charge in [-0.05, 0) is 42.5 Å². The molecule has 1 aliphatic rings. The number of rotatable bonds is 4. The molecule has 6 nitrogen and oxygen atoms in total. The maximum absolute atomic E-state index is 13.4. The zero-order valence-corrected chi connectivity index (χ0v) is 17.7. The van der Waals surface area contributed by atoms with Gasteiger partial charge in [-0.15, -0.1) is 0 Å². The summed E-state index contributed by atoms with van der Waals surface area (Å²) in [5.74, 6) is -1.35. The van der Waals surface area contributed by atoms with Gasteiger partial charge < -0.3 is 10.6 Å². The number of hydrogen-bond donors (Lipinski definition) is 2. The highest BCUT2D eigenvalue weighted by Crippen LogP contribution is 2.35. The molecule has 8 heteroatoms. The normalized spacial score (nSPS) is 15.1. The number of hydrogen-bond acceptors (Lipinski definition) is 3. The van der Waals surface area contributed by atoms with Crippen molar-refractivity contribution in [2.75, 3.05) is 15.5 Å². The van der Waals surface area contributed by atoms with Crippen LogP contribution in [-0.2, 0) is 9.59 Å². The fourth-order valence-corrected chi connectivity index (χ4v) is 3.85. The molecule has 31 heavy (non-hydrogen) atoms. The Morgan fingerprint density at radius 2 is 1.71 bits per heavy atom. The first kappa shape index (κ1) is 20.9. The summed E-state index contributed by atoms with van der Waals surface area (Å²) < 4.78 is 0. The lowest BCUT2D eigenvalue weighted by atomic mass is 10.0. The number of para-hydroxylation sites is 2. The molecule has 2 N–H and O–H groups in total. The van der Waals surface area contributed by atoms with E-state index < -0.39 is 23.8 Å². The first-order valence-electron chi connectivity index (χ1n) is 9.47. The van der Waals surface area contributed by atoms with E-state index in [0.717, 1.165) is 0 Å². The van der Waals surface area contributed by atoms with Gasteiger partial charge in [0.15, 0.2) is 0 Å². The van der Waals surface area contributed by atoms with Gasteiger partial charge in [-0.3, -0.25) is 19.3 Å². The zero-order valence-electron chi connectivity index (χ0n) is 16.1. The molecule has 1 heterocycles. The molecule has 0 aliphatic carbocycles. The van der Waals surface area contributed by atoms with Gasteiger partial charge in [-0.25, -0.2) is 0 Å². The van der Waals surface area contributed by atoms with Crippen molar-refractivity contribution in [3.8, 4) is 0 Å². The lowest BCUT2D eigenvalue weighted by molar-refractivity contribution is -0.122. The second kappa shape index (κ2) is 8.79. The summed E-state index contributed by atoms with van der Waals surface area (Å²) in [4.78, 5) is 40.4. The molecule has 4 rings (SSSR count). The summed E-state index contributed by atoms with van der Waals surface area (Å²) in [5, 5.41) is 6.22. The van der Waals surface area contributed by atoms with Crippen LogP contribution in [0.2, 0.25) is 10.0 Å². The van der Waals surface area contributed by atoms with E-state index in [2.05, 4.69) is 10.6 Å². The van der Waals surface area contributed by atoms with E-state index in [0.29, 0.717) is 22.1 Å². The molecule has 1 aliphatic heterocycles. The summed E-state index contributed by atoms with van der Waals surface area (Å²) in [6.45, 7) is 0. The van der Waals surface area contributed by atoms with E-state index in [1.165, 1.54) is 4.90 Å². The molecule has 0 aromatic heterocycles. The number of nitrogens with one attached hydrogen (secondary N) is 2. The molecule has 0 bridgehead atoms. The average molecular weight is 454 g/mol. The Balaban J connectivity index is 1.67. The summed E-state index contributed by atoms with van der Waals surface area (Å²) in [7, 11) is 0. The molecule has 0 unspecified atom stereocenters. The van der Waals surface area contributed by atoms with Crippen LogP contribution < -0.4 is 15.5 Å². The molecular weight excluding hydrogens is 437 g/mol. The second-order valence-corrected chi connectivity index (χ2v) is 7.78. The van der Waals surface area contributed by atoms with Crippen LogP contribution >= 0.6 is 23.2 Å². The summed E-state index contributed by atoms with van der Waals surface area (Å²) in [6.07, 6.45) is -0.247. The fraction of sp³-hybridized carbons (Fsp3) is 0.0870. The minimum absolute atomic E-state index is 0.244. The Kier molecular flexibility index (Phi) is 5.93. The number of anilines is 3. The molecule has 0 saturated carbocycles. The van der Waals surface area contributed by atoms with Crippen LogP contribution in [0, 0.1) is 0 Å². The molecule has 0 saturated heterocycles. The van der Waals surface area contributed by atoms with Crippen LogP contribution in [0.5, 0.6) is 0 Å². The summed E-state index contributed by atoms with van der Waals surface area (Å²) >= 11 is 12.2. The Morgan fingerprint density at radius 1 is 0.968 bits per heavy atom. The van der Waals surface area contributed by atoms with Crippen LogP contribution in [0.15, 0.2) is 72.8 Å². The number of amides is 3. The third kappa shape index (κ3) is 4.40. The number of carbonyl (C=O) groups is 3. The lowest BCUT2D eigenvalue weighted by Crippen LogP contribution is -2.52. The van der Waals surface area contributed by atoms with E-state index in [9.17, 15) is 14.4 Å². The highest BCUT2D eigenvalue weighted by molar-refractivity contribution is 6.35. The molecule has 3 aromatic rings. The third-order valence-electron chi connectivity index (χ3n) is 4.85. The van der Waals surface area contributed by atoms with Gasteiger partial charge in [0.1, 0.15) is 6.04 Å². The van der Waals surface area contributed by atoms with Gasteiger partial charge in [0.2, 0.25) is 11.8 Å². The van der Waals surface area contributed by atoms with Crippen molar-refractivity contribution in [2.45, 2.75) is 12.5 Å². The lowest BCUT2D eigenvalue weighted by Gasteiger charge is -2.36. The van der Waals surface area contributed by atoms with Crippen molar-refractivity contribution in [3.05, 3.63) is 88.4 Å². The monoisotopic (exact) mass is 453 g/mol. The maximum Gasteiger partial charge on any atom is 0.260 e. The Labute approximate surface area is 188 Å². The SMILES string of the molecule is O=C(C[C@H]1C(=O)Nc2ccccc2N1C(=O)c1ccccc1Cl)Nc1cccc(Cl)c1. The van der Waals surface area contributed by atoms with Crippen molar-refractivity contribution in [3.63, 3.8) is 0 Å². The van der Waals surface area contributed by atoms with Gasteiger partial charge in [0, 0.05) is 10.7 Å². The van der Waals surface area contributed by atoms with E-state index >= 15 is 0 Å². The third-order valence-corrected chi connectivity index (χ3v) is 5.41. The summed E-state index contributed by atoms with van der Waals surface area (Å²) in [6, 6.07) is 19.1. The standard InChI is InChI=1S/C23H17Cl2N3O3/c24-14-6-5-7-15(12-14)26-21(29)13-20-22(30)27-18-10-3-4-11-19(18)28(20)23(31)16-8-1-2-9-17(16)25/h1-12,20H,13H2,(H,26,29)(H,27,30)/t20-/m0/s1. The molecule has 156 valence electrons. The van der Waals surface area contributed by atoms with Crippen LogP contribution in [0.1, 0.15) is 16.8 Å². The quantitative estimate of drug-likeness (QED) is 0.583. The van der Waals surface area contributed by atoms with Crippen molar-refractivity contribution in [1.82, 2.24) is 0 Å². The van der Waals surface area contributed by atoms with Crippen molar-refractivity contribution < 1.29 is 14.4 Å². The van der Waals surface area contributed by atoms with E-state index in [1.807, 2.05) is 0 Å². The maximum atomic E-state index is 13.4. The fourth-order valence-electron chi connectivity index (χ4n) is 3.44. The number of nitrogens with zero attached hydrogens (tertiary/aromatic N) is 1. The van der Waals surface area contributed by atoms with Crippen LogP contribution in [0.25, 0.3) is 0 Å². The molecule has 0 radical (unpaired) electrons. The molecule has 3 amide bonds. The summed E-state index contributed by atoms with van der Waals surface area (Å²) in [5.41, 5.74) is 1.72. The van der Waals surface area contributed by atoms with Crippen molar-refractivity contribution in [1.29, 1.82) is 0 Å². The Morgan fingerprint density at radius 3 is 2.48 bits per heavy atom. The highest BCUT2D eigenvalue weighted by Gasteiger charge is 2.39. The number of fused-ring (bicyclic) bond motifs is 1. The van der Waals surface area contributed by atoms with E-state index in [1.54, 1.807) is 72.8 Å². The van der Waals surface area contributed by atoms with Gasteiger partial charge in [-0.2, -0.15) is 0 Å². The van der Waals surface area contributed by atoms with Gasteiger partial charge >= 0.3 is 0 Å². The van der Waals surface area contributed by atoms with Crippen molar-refractivity contribution >= 4 is 58.0 Å². The smallest absolute Gasteiger partial charge is 0.260 e. The molecule has 0 fully saturated rings. The van der Waals surface area contributed by atoms with Crippen LogP contribution in [-0.4, -0.2) is 23.8 Å². The van der Waals surface area contributed by atoms with Gasteiger partial charge in [-0.1, -0.05) is 53.5 Å². The van der Waals surface area contributed by atoms with E-state index in [4.69, 9.17) is 23.2 Å². The van der Waals surface area contributed by atoms with Gasteiger partial charge in [0.05, 0.1) is 28.4 Å². The van der Waals surface area contributed by atoms with Crippen LogP contribution in [0.3, 0.4) is 0 Å². The minimum Gasteiger partial charge on any atom is -0.326 e. The number of benzene rings is 3. The molecule has 1 atom stereocenters. The predicted octanol–water partition coefficient (Wildman–Crippen LogP) is 4.99. The van der Waals surface area contributed by atoms with Crippen molar-refractivity contribution in [2.24, 2.45) is 0 Å². The molecular formula is C23H17Cl2N3O3. The number of carbonyl (C=O) groups excluding carboxylic acids is 3. The average Bonchev–Trinajstić information content (AvgIpc) is 2.74. The largest absolute Gasteiger partial charge is 0.326 e. The van der Waals surface area contributed by atoms with Gasteiger partial charge in [0.25, 0.3) is 5.91 Å².